The predicted molar refractivity (Wildman–Crippen MR) is 48.8 cm³/mol. The van der Waals surface area contributed by atoms with Gasteiger partial charge in [0.1, 0.15) is 5.82 Å². The highest BCUT2D eigenvalue weighted by Gasteiger charge is 2.26. The summed E-state index contributed by atoms with van der Waals surface area (Å²) in [6.45, 7) is 0. The summed E-state index contributed by atoms with van der Waals surface area (Å²) in [5.41, 5.74) is 0. The number of alkyl halides is 3. The fourth-order valence-corrected chi connectivity index (χ4v) is 1.11. The van der Waals surface area contributed by atoms with E-state index in [0.717, 1.165) is 0 Å². The van der Waals surface area contributed by atoms with E-state index in [9.17, 15) is 0 Å². The van der Waals surface area contributed by atoms with E-state index in [-0.39, 0.29) is 0 Å². The van der Waals surface area contributed by atoms with E-state index >= 15 is 0 Å². The molecule has 0 fully saturated rings. The lowest BCUT2D eigenvalue weighted by Gasteiger charge is -2.12. The van der Waals surface area contributed by atoms with E-state index in [0.29, 0.717) is 11.2 Å². The maximum atomic E-state index is 5.96. The van der Waals surface area contributed by atoms with Crippen molar-refractivity contribution in [3.05, 3.63) is 18.2 Å². The Balaban J connectivity index is 2.85. The van der Waals surface area contributed by atoms with Crippen molar-refractivity contribution in [3.63, 3.8) is 0 Å². The molecular formula is C5H5Br2ClN2. The molecule has 0 radical (unpaired) electrons. The van der Waals surface area contributed by atoms with E-state index in [1.54, 1.807) is 12.4 Å². The third-order valence-electron chi connectivity index (χ3n) is 1.01. The molecule has 10 heavy (non-hydrogen) atoms. The second-order valence-electron chi connectivity index (χ2n) is 1.78. The molecule has 0 bridgehead atoms. The first-order valence-corrected chi connectivity index (χ1v) is 4.90. The SMILES string of the molecule is ClC(Br)(CBr)c1ncc[nH]1. The molecule has 1 rings (SSSR count). The van der Waals surface area contributed by atoms with Gasteiger partial charge in [0.2, 0.25) is 0 Å². The van der Waals surface area contributed by atoms with Crippen LogP contribution in [0.3, 0.4) is 0 Å². The number of aromatic nitrogens is 2. The molecule has 0 saturated carbocycles. The largest absolute Gasteiger partial charge is 0.346 e. The van der Waals surface area contributed by atoms with Gasteiger partial charge in [-0.15, -0.1) is 0 Å². The summed E-state index contributed by atoms with van der Waals surface area (Å²) in [5.74, 6) is 0.714. The maximum absolute atomic E-state index is 5.96. The first-order chi connectivity index (χ1) is 4.67. The molecular weight excluding hydrogens is 283 g/mol. The van der Waals surface area contributed by atoms with Crippen LogP contribution in [0.1, 0.15) is 5.82 Å². The molecule has 0 aromatic carbocycles. The highest BCUT2D eigenvalue weighted by molar-refractivity contribution is 9.12. The fraction of sp³-hybridized carbons (Fsp3) is 0.400. The highest BCUT2D eigenvalue weighted by atomic mass is 79.9. The quantitative estimate of drug-likeness (QED) is 0.833. The number of rotatable bonds is 2. The van der Waals surface area contributed by atoms with Crippen molar-refractivity contribution in [2.24, 2.45) is 0 Å². The zero-order valence-electron chi connectivity index (χ0n) is 4.94. The Bertz CT molecular complexity index is 197. The standard InChI is InChI=1S/C5H5Br2ClN2/c6-3-5(7,8)4-9-1-2-10-4/h1-2H,3H2,(H,9,10). The highest BCUT2D eigenvalue weighted by Crippen LogP contribution is 2.34. The van der Waals surface area contributed by atoms with Crippen molar-refractivity contribution in [1.82, 2.24) is 9.97 Å². The third-order valence-corrected chi connectivity index (χ3v) is 3.90. The second kappa shape index (κ2) is 3.24. The van der Waals surface area contributed by atoms with E-state index in [4.69, 9.17) is 11.6 Å². The van der Waals surface area contributed by atoms with E-state index < -0.39 is 3.78 Å². The molecule has 1 unspecified atom stereocenters. The molecule has 2 nitrogen and oxygen atoms in total. The van der Waals surface area contributed by atoms with Crippen molar-refractivity contribution in [2.45, 2.75) is 3.78 Å². The smallest absolute Gasteiger partial charge is 0.166 e. The summed E-state index contributed by atoms with van der Waals surface area (Å²) < 4.78 is -0.601. The van der Waals surface area contributed by atoms with Crippen molar-refractivity contribution >= 4 is 43.5 Å². The Morgan fingerprint density at radius 2 is 2.50 bits per heavy atom. The first kappa shape index (κ1) is 8.56. The third kappa shape index (κ3) is 1.74. The van der Waals surface area contributed by atoms with Crippen molar-refractivity contribution in [2.75, 3.05) is 5.33 Å². The van der Waals surface area contributed by atoms with Gasteiger partial charge in [-0.05, 0) is 0 Å². The Morgan fingerprint density at radius 3 is 2.90 bits per heavy atom. The lowest BCUT2D eigenvalue weighted by atomic mass is 10.4. The van der Waals surface area contributed by atoms with Crippen LogP contribution in [0.25, 0.3) is 0 Å². The van der Waals surface area contributed by atoms with Gasteiger partial charge in [-0.2, -0.15) is 0 Å². The monoisotopic (exact) mass is 286 g/mol. The van der Waals surface area contributed by atoms with Gasteiger partial charge in [0.25, 0.3) is 0 Å². The van der Waals surface area contributed by atoms with Gasteiger partial charge in [-0.25, -0.2) is 4.98 Å². The number of nitrogens with zero attached hydrogens (tertiary/aromatic N) is 1. The zero-order chi connectivity index (χ0) is 7.61. The fourth-order valence-electron chi connectivity index (χ4n) is 0.529. The van der Waals surface area contributed by atoms with Crippen LogP contribution in [0.2, 0.25) is 0 Å². The summed E-state index contributed by atoms with van der Waals surface area (Å²) in [5, 5.41) is 0.606. The molecule has 1 heterocycles. The minimum Gasteiger partial charge on any atom is -0.346 e. The second-order valence-corrected chi connectivity index (χ2v) is 4.79. The lowest BCUT2D eigenvalue weighted by molar-refractivity contribution is 0.922. The summed E-state index contributed by atoms with van der Waals surface area (Å²) in [6, 6.07) is 0. The zero-order valence-corrected chi connectivity index (χ0v) is 8.87. The number of hydrogen-bond donors (Lipinski definition) is 1. The van der Waals surface area contributed by atoms with Crippen LogP contribution in [-0.2, 0) is 3.78 Å². The van der Waals surface area contributed by atoms with E-state index in [1.807, 2.05) is 0 Å². The maximum Gasteiger partial charge on any atom is 0.166 e. The summed E-state index contributed by atoms with van der Waals surface area (Å²) in [7, 11) is 0. The van der Waals surface area contributed by atoms with E-state index in [1.165, 1.54) is 0 Å². The molecule has 0 aliphatic rings. The van der Waals surface area contributed by atoms with E-state index in [2.05, 4.69) is 41.8 Å². The number of H-pyrrole nitrogens is 1. The number of hydrogen-bond acceptors (Lipinski definition) is 1. The van der Waals surface area contributed by atoms with Crippen LogP contribution in [-0.4, -0.2) is 15.3 Å². The van der Waals surface area contributed by atoms with Gasteiger partial charge in [0.15, 0.2) is 3.78 Å². The molecule has 0 spiro atoms. The van der Waals surface area contributed by atoms with Gasteiger partial charge < -0.3 is 4.98 Å². The van der Waals surface area contributed by atoms with Crippen LogP contribution < -0.4 is 0 Å². The molecule has 1 aromatic rings. The van der Waals surface area contributed by atoms with Gasteiger partial charge in [-0.3, -0.25) is 0 Å². The first-order valence-electron chi connectivity index (χ1n) is 2.60. The summed E-state index contributed by atoms with van der Waals surface area (Å²) >= 11 is 12.5. The van der Waals surface area contributed by atoms with Gasteiger partial charge in [0, 0.05) is 17.7 Å². The van der Waals surface area contributed by atoms with Crippen molar-refractivity contribution < 1.29 is 0 Å². The van der Waals surface area contributed by atoms with Crippen LogP contribution in [0.4, 0.5) is 0 Å². The van der Waals surface area contributed by atoms with Crippen LogP contribution in [0.5, 0.6) is 0 Å². The lowest BCUT2D eigenvalue weighted by Crippen LogP contribution is -2.12. The van der Waals surface area contributed by atoms with Crippen LogP contribution in [0.15, 0.2) is 12.4 Å². The Hall–Kier alpha value is 0.460. The number of imidazole rings is 1. The number of halogens is 3. The van der Waals surface area contributed by atoms with Gasteiger partial charge >= 0.3 is 0 Å². The average Bonchev–Trinajstić information content (AvgIpc) is 2.38. The molecule has 1 aromatic heterocycles. The summed E-state index contributed by atoms with van der Waals surface area (Å²) in [6.07, 6.45) is 3.40. The Kier molecular flexibility index (Phi) is 2.77. The minimum atomic E-state index is -0.601. The molecule has 0 aliphatic heterocycles. The molecule has 5 heteroatoms. The molecule has 1 N–H and O–H groups in total. The summed E-state index contributed by atoms with van der Waals surface area (Å²) in [4.78, 5) is 6.90. The Labute approximate surface area is 80.6 Å². The number of nitrogens with one attached hydrogen (secondary N) is 1. The molecule has 0 amide bonds. The van der Waals surface area contributed by atoms with Crippen LogP contribution >= 0.6 is 43.5 Å². The van der Waals surface area contributed by atoms with Crippen LogP contribution in [0, 0.1) is 0 Å². The molecule has 56 valence electrons. The van der Waals surface area contributed by atoms with Gasteiger partial charge in [-0.1, -0.05) is 43.5 Å². The predicted octanol–water partition coefficient (Wildman–Crippen LogP) is 2.59. The van der Waals surface area contributed by atoms with Crippen molar-refractivity contribution in [1.29, 1.82) is 0 Å². The van der Waals surface area contributed by atoms with Gasteiger partial charge in [0.05, 0.1) is 0 Å². The number of aromatic amines is 1. The topological polar surface area (TPSA) is 28.7 Å². The minimum absolute atomic E-state index is 0.601. The molecule has 1 atom stereocenters. The average molecular weight is 288 g/mol. The van der Waals surface area contributed by atoms with Crippen molar-refractivity contribution in [3.8, 4) is 0 Å². The molecule has 0 saturated heterocycles. The molecule has 0 aliphatic carbocycles. The normalized spacial score (nSPS) is 16.7. The Morgan fingerprint density at radius 1 is 1.80 bits per heavy atom.